The molecule has 0 saturated heterocycles. The average Bonchev–Trinajstić information content (AvgIpc) is 3.70. The first-order valence-electron chi connectivity index (χ1n) is 19.8. The van der Waals surface area contributed by atoms with Crippen molar-refractivity contribution in [2.24, 2.45) is 0 Å². The number of aromatic nitrogens is 3. The first-order chi connectivity index (χ1) is 29.2. The Bertz CT molecular complexity index is 3300. The number of hydrogen-bond donors (Lipinski definition) is 0. The third-order valence-electron chi connectivity index (χ3n) is 11.1. The Morgan fingerprint density at radius 2 is 0.729 bits per heavy atom. The Morgan fingerprint density at radius 3 is 1.42 bits per heavy atom. The molecule has 9 aromatic carbocycles. The Balaban J connectivity index is 0.982. The fourth-order valence-corrected chi connectivity index (χ4v) is 8.10. The maximum atomic E-state index is 6.60. The van der Waals surface area contributed by atoms with Gasteiger partial charge in [-0.25, -0.2) is 15.0 Å². The first-order valence-corrected chi connectivity index (χ1v) is 19.8. The summed E-state index contributed by atoms with van der Waals surface area (Å²) in [5.74, 6) is 1.81. The highest BCUT2D eigenvalue weighted by molar-refractivity contribution is 6.13. The molecule has 0 amide bonds. The van der Waals surface area contributed by atoms with Gasteiger partial charge in [0, 0.05) is 27.5 Å². The first kappa shape index (κ1) is 34.3. The van der Waals surface area contributed by atoms with Gasteiger partial charge in [-0.2, -0.15) is 0 Å². The van der Waals surface area contributed by atoms with E-state index in [9.17, 15) is 0 Å². The lowest BCUT2D eigenvalue weighted by Crippen LogP contribution is -2.00. The van der Waals surface area contributed by atoms with Crippen LogP contribution in [0.4, 0.5) is 0 Å². The summed E-state index contributed by atoms with van der Waals surface area (Å²) in [5, 5.41) is 4.40. The van der Waals surface area contributed by atoms with Crippen LogP contribution in [0.1, 0.15) is 0 Å². The molecule has 59 heavy (non-hydrogen) atoms. The minimum Gasteiger partial charge on any atom is -0.456 e. The molecule has 4 heteroatoms. The number of nitrogens with zero attached hydrogens (tertiary/aromatic N) is 3. The third kappa shape index (κ3) is 6.53. The van der Waals surface area contributed by atoms with Crippen LogP contribution in [0.3, 0.4) is 0 Å². The van der Waals surface area contributed by atoms with E-state index in [0.29, 0.717) is 17.5 Å². The van der Waals surface area contributed by atoms with Crippen LogP contribution >= 0.6 is 0 Å². The fourth-order valence-electron chi connectivity index (χ4n) is 8.10. The molecule has 0 spiro atoms. The Labute approximate surface area is 341 Å². The quantitative estimate of drug-likeness (QED) is 0.163. The van der Waals surface area contributed by atoms with Gasteiger partial charge in [0.15, 0.2) is 17.5 Å². The molecule has 0 aliphatic carbocycles. The molecule has 11 rings (SSSR count). The number of fused-ring (bicyclic) bond motifs is 4. The second-order valence-electron chi connectivity index (χ2n) is 14.8. The molecule has 0 aliphatic rings. The summed E-state index contributed by atoms with van der Waals surface area (Å²) in [4.78, 5) is 15.2. The van der Waals surface area contributed by atoms with Crippen molar-refractivity contribution in [1.29, 1.82) is 0 Å². The van der Waals surface area contributed by atoms with Crippen molar-refractivity contribution in [3.05, 3.63) is 212 Å². The number of benzene rings is 9. The summed E-state index contributed by atoms with van der Waals surface area (Å²) < 4.78 is 6.60. The minimum atomic E-state index is 0.584. The summed E-state index contributed by atoms with van der Waals surface area (Å²) >= 11 is 0. The standard InChI is InChI=1S/C55H35N3O/c1-4-12-36(13-5-1)38-22-24-39(25-23-38)42-18-10-19-44(32-42)48-20-11-21-50-52(48)49-31-30-46(35-51(49)59-50)55-57-53(41-16-8-3-9-17-41)56-54(58-55)45-29-27-40-26-28-43(33-47(40)34-45)37-14-6-2-7-15-37/h1-35H. The SMILES string of the molecule is c1ccc(-c2ccc(-c3cccc(-c4cccc5oc6cc(-c7nc(-c8ccccc8)nc(-c8ccc9ccc(-c%10ccccc%10)cc9c8)n7)ccc6c45)c3)cc2)cc1. The molecule has 0 N–H and O–H groups in total. The van der Waals surface area contributed by atoms with Crippen LogP contribution in [0.15, 0.2) is 217 Å². The molecule has 0 atom stereocenters. The molecular formula is C55H35N3O. The van der Waals surface area contributed by atoms with E-state index < -0.39 is 0 Å². The van der Waals surface area contributed by atoms with E-state index in [1.165, 1.54) is 27.8 Å². The fraction of sp³-hybridized carbons (Fsp3) is 0. The van der Waals surface area contributed by atoms with Gasteiger partial charge in [-0.1, -0.05) is 176 Å². The molecular weight excluding hydrogens is 719 g/mol. The molecule has 276 valence electrons. The zero-order chi connectivity index (χ0) is 39.1. The van der Waals surface area contributed by atoms with Crippen LogP contribution in [-0.2, 0) is 0 Å². The lowest BCUT2D eigenvalue weighted by atomic mass is 9.95. The highest BCUT2D eigenvalue weighted by Gasteiger charge is 2.17. The molecule has 2 heterocycles. The van der Waals surface area contributed by atoms with Gasteiger partial charge in [-0.15, -0.1) is 0 Å². The van der Waals surface area contributed by atoms with Crippen molar-refractivity contribution in [2.75, 3.05) is 0 Å². The number of furan rings is 1. The van der Waals surface area contributed by atoms with Crippen molar-refractivity contribution in [3.8, 4) is 78.7 Å². The highest BCUT2D eigenvalue weighted by Crippen LogP contribution is 2.39. The normalized spacial score (nSPS) is 11.4. The smallest absolute Gasteiger partial charge is 0.164 e. The Hall–Kier alpha value is -7.95. The van der Waals surface area contributed by atoms with Crippen molar-refractivity contribution >= 4 is 32.7 Å². The zero-order valence-electron chi connectivity index (χ0n) is 32.0. The predicted molar refractivity (Wildman–Crippen MR) is 243 cm³/mol. The van der Waals surface area contributed by atoms with E-state index in [2.05, 4.69) is 164 Å². The van der Waals surface area contributed by atoms with Gasteiger partial charge < -0.3 is 4.42 Å². The topological polar surface area (TPSA) is 51.8 Å². The molecule has 0 fully saturated rings. The van der Waals surface area contributed by atoms with Crippen LogP contribution in [0, 0.1) is 0 Å². The molecule has 0 bridgehead atoms. The second kappa shape index (κ2) is 14.5. The lowest BCUT2D eigenvalue weighted by molar-refractivity contribution is 0.669. The highest BCUT2D eigenvalue weighted by atomic mass is 16.3. The van der Waals surface area contributed by atoms with Gasteiger partial charge >= 0.3 is 0 Å². The summed E-state index contributed by atoms with van der Waals surface area (Å²) in [5.41, 5.74) is 13.7. The van der Waals surface area contributed by atoms with Gasteiger partial charge in [0.25, 0.3) is 0 Å². The van der Waals surface area contributed by atoms with E-state index in [1.54, 1.807) is 0 Å². The van der Waals surface area contributed by atoms with Gasteiger partial charge in [-0.05, 0) is 91.7 Å². The summed E-state index contributed by atoms with van der Waals surface area (Å²) in [6, 6.07) is 74.2. The number of hydrogen-bond acceptors (Lipinski definition) is 4. The second-order valence-corrected chi connectivity index (χ2v) is 14.8. The average molecular weight is 754 g/mol. The van der Waals surface area contributed by atoms with Crippen molar-refractivity contribution < 1.29 is 4.42 Å². The molecule has 0 radical (unpaired) electrons. The number of rotatable bonds is 7. The van der Waals surface area contributed by atoms with Crippen LogP contribution < -0.4 is 0 Å². The molecule has 4 nitrogen and oxygen atoms in total. The molecule has 2 aromatic heterocycles. The molecule has 0 aliphatic heterocycles. The van der Waals surface area contributed by atoms with Gasteiger partial charge in [0.2, 0.25) is 0 Å². The zero-order valence-corrected chi connectivity index (χ0v) is 32.0. The Kier molecular flexibility index (Phi) is 8.45. The largest absolute Gasteiger partial charge is 0.456 e. The monoisotopic (exact) mass is 753 g/mol. The van der Waals surface area contributed by atoms with Crippen LogP contribution in [-0.4, -0.2) is 15.0 Å². The van der Waals surface area contributed by atoms with Gasteiger partial charge in [0.1, 0.15) is 11.2 Å². The van der Waals surface area contributed by atoms with E-state index in [-0.39, 0.29) is 0 Å². The van der Waals surface area contributed by atoms with Crippen molar-refractivity contribution in [3.63, 3.8) is 0 Å². The van der Waals surface area contributed by atoms with E-state index in [0.717, 1.165) is 66.1 Å². The van der Waals surface area contributed by atoms with Crippen molar-refractivity contribution in [1.82, 2.24) is 15.0 Å². The lowest BCUT2D eigenvalue weighted by Gasteiger charge is -2.10. The summed E-state index contributed by atoms with van der Waals surface area (Å²) in [7, 11) is 0. The maximum absolute atomic E-state index is 6.60. The summed E-state index contributed by atoms with van der Waals surface area (Å²) in [6.07, 6.45) is 0. The maximum Gasteiger partial charge on any atom is 0.164 e. The van der Waals surface area contributed by atoms with E-state index in [4.69, 9.17) is 19.4 Å². The van der Waals surface area contributed by atoms with Gasteiger partial charge in [-0.3, -0.25) is 0 Å². The van der Waals surface area contributed by atoms with Crippen molar-refractivity contribution in [2.45, 2.75) is 0 Å². The summed E-state index contributed by atoms with van der Waals surface area (Å²) in [6.45, 7) is 0. The van der Waals surface area contributed by atoms with E-state index in [1.807, 2.05) is 48.5 Å². The van der Waals surface area contributed by atoms with Crippen LogP contribution in [0.25, 0.3) is 111 Å². The van der Waals surface area contributed by atoms with Crippen LogP contribution in [0.2, 0.25) is 0 Å². The third-order valence-corrected chi connectivity index (χ3v) is 11.1. The molecule has 0 unspecified atom stereocenters. The van der Waals surface area contributed by atoms with E-state index >= 15 is 0 Å². The van der Waals surface area contributed by atoms with Gasteiger partial charge in [0.05, 0.1) is 0 Å². The molecule has 11 aromatic rings. The Morgan fingerprint density at radius 1 is 0.271 bits per heavy atom. The molecule has 0 saturated carbocycles. The minimum absolute atomic E-state index is 0.584. The predicted octanol–water partition coefficient (Wildman–Crippen LogP) is 14.6. The van der Waals surface area contributed by atoms with Crippen LogP contribution in [0.5, 0.6) is 0 Å².